The fraction of sp³-hybridized carbons (Fsp3) is 0. The van der Waals surface area contributed by atoms with E-state index >= 15 is 0 Å². The van der Waals surface area contributed by atoms with E-state index < -0.39 is 0 Å². The first kappa shape index (κ1) is 16.5. The molecule has 0 saturated carbocycles. The molecule has 1 amide bonds. The highest BCUT2D eigenvalue weighted by atomic mass is 35.5. The topological polar surface area (TPSA) is 79.0 Å². The van der Waals surface area contributed by atoms with Gasteiger partial charge in [0.25, 0.3) is 5.91 Å². The summed E-state index contributed by atoms with van der Waals surface area (Å²) >= 11 is 0. The van der Waals surface area contributed by atoms with Crippen molar-refractivity contribution in [2.24, 2.45) is 5.73 Å². The average Bonchev–Trinajstić information content (AvgIpc) is 2.54. The Morgan fingerprint density at radius 1 is 0.870 bits per heavy atom. The number of amides is 1. The Kier molecular flexibility index (Phi) is 4.98. The van der Waals surface area contributed by atoms with Crippen LogP contribution in [0.15, 0.2) is 66.7 Å². The van der Waals surface area contributed by atoms with Gasteiger partial charge in [-0.15, -0.1) is 12.4 Å². The highest BCUT2D eigenvalue weighted by molar-refractivity contribution is 6.05. The van der Waals surface area contributed by atoms with Crippen molar-refractivity contribution in [3.63, 3.8) is 0 Å². The van der Waals surface area contributed by atoms with Crippen LogP contribution in [0.25, 0.3) is 21.9 Å². The maximum atomic E-state index is 11.9. The van der Waals surface area contributed by atoms with Crippen LogP contribution in [0, 0.1) is 5.41 Å². The van der Waals surface area contributed by atoms with Gasteiger partial charge in [0.2, 0.25) is 0 Å². The van der Waals surface area contributed by atoms with Gasteiger partial charge in [0, 0.05) is 5.56 Å². The van der Waals surface area contributed by atoms with Gasteiger partial charge in [-0.3, -0.25) is 15.5 Å². The van der Waals surface area contributed by atoms with E-state index in [4.69, 9.17) is 11.1 Å². The Morgan fingerprint density at radius 3 is 2.30 bits per heavy atom. The minimum absolute atomic E-state index is 0. The summed E-state index contributed by atoms with van der Waals surface area (Å²) in [4.78, 5) is 11.9. The van der Waals surface area contributed by atoms with Crippen molar-refractivity contribution < 1.29 is 4.79 Å². The van der Waals surface area contributed by atoms with Gasteiger partial charge in [0.05, 0.1) is 0 Å². The summed E-state index contributed by atoms with van der Waals surface area (Å²) in [5, 5.41) is 11.7. The molecule has 3 aromatic carbocycles. The van der Waals surface area contributed by atoms with E-state index in [1.807, 2.05) is 30.3 Å². The van der Waals surface area contributed by atoms with Crippen LogP contribution in [-0.2, 0) is 0 Å². The molecule has 0 unspecified atom stereocenters. The minimum Gasteiger partial charge on any atom is -0.370 e. The number of hydrogen-bond donors (Lipinski definition) is 3. The lowest BCUT2D eigenvalue weighted by Crippen LogP contribution is -2.35. The van der Waals surface area contributed by atoms with E-state index in [9.17, 15) is 4.79 Å². The van der Waals surface area contributed by atoms with Crippen molar-refractivity contribution in [1.82, 2.24) is 5.32 Å². The summed E-state index contributed by atoms with van der Waals surface area (Å²) < 4.78 is 0. The van der Waals surface area contributed by atoms with Crippen LogP contribution in [-0.4, -0.2) is 11.9 Å². The van der Waals surface area contributed by atoms with E-state index in [2.05, 4.69) is 29.6 Å². The molecule has 116 valence electrons. The first-order chi connectivity index (χ1) is 10.6. The Hall–Kier alpha value is -2.85. The lowest BCUT2D eigenvalue weighted by atomic mass is 9.99. The van der Waals surface area contributed by atoms with Crippen molar-refractivity contribution in [3.05, 3.63) is 72.3 Å². The number of benzene rings is 3. The lowest BCUT2D eigenvalue weighted by Gasteiger charge is -2.07. The standard InChI is InChI=1S/C18H15N3O.ClH/c19-18(20)21-17(22)16-7-3-6-14(11-16)15-9-8-12-4-1-2-5-13(12)10-15;/h1-11H,(H4,19,20,21,22);1H. The molecule has 0 bridgehead atoms. The molecular formula is C18H16ClN3O. The molecule has 0 aliphatic heterocycles. The van der Waals surface area contributed by atoms with Crippen LogP contribution >= 0.6 is 12.4 Å². The van der Waals surface area contributed by atoms with Gasteiger partial charge in [-0.05, 0) is 40.1 Å². The van der Waals surface area contributed by atoms with Crippen LogP contribution in [0.4, 0.5) is 0 Å². The summed E-state index contributed by atoms with van der Waals surface area (Å²) in [6, 6.07) is 21.6. The van der Waals surface area contributed by atoms with E-state index in [1.165, 1.54) is 5.39 Å². The number of rotatable bonds is 2. The summed E-state index contributed by atoms with van der Waals surface area (Å²) in [5.74, 6) is -0.740. The zero-order chi connectivity index (χ0) is 15.5. The molecule has 0 atom stereocenters. The van der Waals surface area contributed by atoms with E-state index in [0.29, 0.717) is 5.56 Å². The molecule has 0 spiro atoms. The molecule has 3 aromatic rings. The molecule has 0 saturated heterocycles. The second kappa shape index (κ2) is 6.94. The van der Waals surface area contributed by atoms with E-state index in [1.54, 1.807) is 12.1 Å². The second-order valence-electron chi connectivity index (χ2n) is 5.01. The Labute approximate surface area is 140 Å². The minimum atomic E-state index is -0.380. The van der Waals surface area contributed by atoms with Gasteiger partial charge in [-0.2, -0.15) is 0 Å². The molecule has 0 radical (unpaired) electrons. The number of carbonyl (C=O) groups excluding carboxylic acids is 1. The fourth-order valence-electron chi connectivity index (χ4n) is 2.40. The van der Waals surface area contributed by atoms with E-state index in [-0.39, 0.29) is 24.3 Å². The van der Waals surface area contributed by atoms with Crippen LogP contribution in [0.2, 0.25) is 0 Å². The summed E-state index contributed by atoms with van der Waals surface area (Å²) in [6.45, 7) is 0. The lowest BCUT2D eigenvalue weighted by molar-refractivity contribution is 0.0976. The number of fused-ring (bicyclic) bond motifs is 1. The number of nitrogens with one attached hydrogen (secondary N) is 2. The highest BCUT2D eigenvalue weighted by Crippen LogP contribution is 2.25. The Morgan fingerprint density at radius 2 is 1.57 bits per heavy atom. The van der Waals surface area contributed by atoms with Gasteiger partial charge < -0.3 is 5.73 Å². The summed E-state index contributed by atoms with van der Waals surface area (Å²) in [6.07, 6.45) is 0. The number of halogens is 1. The molecule has 0 heterocycles. The molecule has 0 aromatic heterocycles. The third-order valence-electron chi connectivity index (χ3n) is 3.46. The number of nitrogens with two attached hydrogens (primary N) is 1. The van der Waals surface area contributed by atoms with Crippen molar-refractivity contribution >= 4 is 35.0 Å². The maximum Gasteiger partial charge on any atom is 0.257 e. The molecule has 0 aliphatic rings. The van der Waals surface area contributed by atoms with Crippen LogP contribution in [0.3, 0.4) is 0 Å². The van der Waals surface area contributed by atoms with Crippen molar-refractivity contribution in [2.75, 3.05) is 0 Å². The van der Waals surface area contributed by atoms with Crippen LogP contribution in [0.1, 0.15) is 10.4 Å². The Balaban J connectivity index is 0.00000192. The predicted octanol–water partition coefficient (Wildman–Crippen LogP) is 3.55. The number of guanidine groups is 1. The molecule has 4 nitrogen and oxygen atoms in total. The number of carbonyl (C=O) groups is 1. The zero-order valence-electron chi connectivity index (χ0n) is 12.2. The first-order valence-corrected chi connectivity index (χ1v) is 6.88. The molecular weight excluding hydrogens is 310 g/mol. The van der Waals surface area contributed by atoms with Gasteiger partial charge in [-0.1, -0.05) is 48.5 Å². The summed E-state index contributed by atoms with van der Waals surface area (Å²) in [7, 11) is 0. The van der Waals surface area contributed by atoms with Gasteiger partial charge in [0.15, 0.2) is 5.96 Å². The first-order valence-electron chi connectivity index (χ1n) is 6.88. The zero-order valence-corrected chi connectivity index (χ0v) is 13.1. The molecule has 5 heteroatoms. The quantitative estimate of drug-likeness (QED) is 0.497. The smallest absolute Gasteiger partial charge is 0.257 e. The molecule has 4 N–H and O–H groups in total. The van der Waals surface area contributed by atoms with Gasteiger partial charge in [0.1, 0.15) is 0 Å². The SMILES string of the molecule is Cl.N=C(N)NC(=O)c1cccc(-c2ccc3ccccc3c2)c1. The van der Waals surface area contributed by atoms with Crippen LogP contribution < -0.4 is 11.1 Å². The van der Waals surface area contributed by atoms with Crippen molar-refractivity contribution in [1.29, 1.82) is 5.41 Å². The van der Waals surface area contributed by atoms with Gasteiger partial charge in [-0.25, -0.2) is 0 Å². The monoisotopic (exact) mass is 325 g/mol. The maximum absolute atomic E-state index is 11.9. The molecule has 0 aliphatic carbocycles. The summed E-state index contributed by atoms with van der Waals surface area (Å²) in [5.41, 5.74) is 7.65. The largest absolute Gasteiger partial charge is 0.370 e. The van der Waals surface area contributed by atoms with E-state index in [0.717, 1.165) is 16.5 Å². The normalized spacial score (nSPS) is 9.91. The molecule has 0 fully saturated rings. The third kappa shape index (κ3) is 3.67. The van der Waals surface area contributed by atoms with Crippen molar-refractivity contribution in [3.8, 4) is 11.1 Å². The number of hydrogen-bond acceptors (Lipinski definition) is 2. The molecule has 3 rings (SSSR count). The second-order valence-corrected chi connectivity index (χ2v) is 5.01. The predicted molar refractivity (Wildman–Crippen MR) is 96.0 cm³/mol. The van der Waals surface area contributed by atoms with Gasteiger partial charge >= 0.3 is 0 Å². The Bertz CT molecular complexity index is 877. The average molecular weight is 326 g/mol. The fourth-order valence-corrected chi connectivity index (χ4v) is 2.40. The highest BCUT2D eigenvalue weighted by Gasteiger charge is 2.08. The van der Waals surface area contributed by atoms with Crippen molar-refractivity contribution in [2.45, 2.75) is 0 Å². The van der Waals surface area contributed by atoms with Crippen LogP contribution in [0.5, 0.6) is 0 Å². The third-order valence-corrected chi connectivity index (χ3v) is 3.46. The molecule has 23 heavy (non-hydrogen) atoms.